The van der Waals surface area contributed by atoms with Crippen molar-refractivity contribution in [3.8, 4) is 0 Å². The Hall–Kier alpha value is -1.06. The Balaban J connectivity index is 2.16. The molecule has 0 aromatic heterocycles. The number of carbonyl (C=O) groups is 2. The number of carbonyl (C=O) groups excluding carboxylic acids is 2. The molecule has 1 aliphatic carbocycles. The van der Waals surface area contributed by atoms with Crippen LogP contribution in [0.25, 0.3) is 0 Å². The van der Waals surface area contributed by atoms with Crippen molar-refractivity contribution in [2.24, 2.45) is 5.92 Å². The van der Waals surface area contributed by atoms with Gasteiger partial charge in [0.25, 0.3) is 0 Å². The summed E-state index contributed by atoms with van der Waals surface area (Å²) in [4.78, 5) is 22.9. The van der Waals surface area contributed by atoms with Gasteiger partial charge >= 0.3 is 5.97 Å². The zero-order valence-electron chi connectivity index (χ0n) is 11.0. The molecule has 0 radical (unpaired) electrons. The van der Waals surface area contributed by atoms with Crippen LogP contribution in [0.15, 0.2) is 0 Å². The minimum atomic E-state index is -0.493. The predicted octanol–water partition coefficient (Wildman–Crippen LogP) is 2.02. The fourth-order valence-corrected chi connectivity index (χ4v) is 2.10. The van der Waals surface area contributed by atoms with Gasteiger partial charge in [-0.2, -0.15) is 0 Å². The lowest BCUT2D eigenvalue weighted by atomic mass is 10.0. The van der Waals surface area contributed by atoms with E-state index in [1.165, 1.54) is 12.8 Å². The van der Waals surface area contributed by atoms with Crippen LogP contribution in [-0.2, 0) is 14.3 Å². The SMILES string of the molecule is CC(C)(C)OC(=O)CNC(=O)CC1CCCC1. The number of ether oxygens (including phenoxy) is 1. The smallest absolute Gasteiger partial charge is 0.325 e. The topological polar surface area (TPSA) is 55.4 Å². The van der Waals surface area contributed by atoms with Gasteiger partial charge < -0.3 is 10.1 Å². The van der Waals surface area contributed by atoms with Crippen molar-refractivity contribution < 1.29 is 14.3 Å². The van der Waals surface area contributed by atoms with E-state index < -0.39 is 5.60 Å². The maximum Gasteiger partial charge on any atom is 0.325 e. The van der Waals surface area contributed by atoms with Crippen molar-refractivity contribution in [2.45, 2.75) is 58.5 Å². The van der Waals surface area contributed by atoms with E-state index in [2.05, 4.69) is 5.32 Å². The molecule has 0 unspecified atom stereocenters. The Labute approximate surface area is 103 Å². The van der Waals surface area contributed by atoms with Gasteiger partial charge in [0.1, 0.15) is 12.1 Å². The highest BCUT2D eigenvalue weighted by molar-refractivity contribution is 5.82. The van der Waals surface area contributed by atoms with Crippen molar-refractivity contribution in [1.29, 1.82) is 0 Å². The van der Waals surface area contributed by atoms with Gasteiger partial charge in [0.15, 0.2) is 0 Å². The molecule has 17 heavy (non-hydrogen) atoms. The Morgan fingerprint density at radius 1 is 1.24 bits per heavy atom. The fraction of sp³-hybridized carbons (Fsp3) is 0.846. The largest absolute Gasteiger partial charge is 0.459 e. The molecule has 0 saturated heterocycles. The van der Waals surface area contributed by atoms with E-state index in [4.69, 9.17) is 4.74 Å². The summed E-state index contributed by atoms with van der Waals surface area (Å²) in [5.41, 5.74) is -0.493. The molecular formula is C13H23NO3. The van der Waals surface area contributed by atoms with Crippen LogP contribution in [0.3, 0.4) is 0 Å². The first-order valence-electron chi connectivity index (χ1n) is 6.35. The lowest BCUT2D eigenvalue weighted by Gasteiger charge is -2.19. The van der Waals surface area contributed by atoms with Crippen LogP contribution in [-0.4, -0.2) is 24.0 Å². The summed E-state index contributed by atoms with van der Waals surface area (Å²) in [7, 11) is 0. The summed E-state index contributed by atoms with van der Waals surface area (Å²) >= 11 is 0. The monoisotopic (exact) mass is 241 g/mol. The minimum Gasteiger partial charge on any atom is -0.459 e. The molecular weight excluding hydrogens is 218 g/mol. The standard InChI is InChI=1S/C13H23NO3/c1-13(2,3)17-12(16)9-14-11(15)8-10-6-4-5-7-10/h10H,4-9H2,1-3H3,(H,14,15). The third-order valence-electron chi connectivity index (χ3n) is 2.80. The molecule has 0 bridgehead atoms. The average Bonchev–Trinajstić information content (AvgIpc) is 2.64. The molecule has 1 amide bonds. The maximum absolute atomic E-state index is 11.6. The summed E-state index contributed by atoms with van der Waals surface area (Å²) < 4.78 is 5.10. The lowest BCUT2D eigenvalue weighted by molar-refractivity contribution is -0.154. The van der Waals surface area contributed by atoms with Crippen LogP contribution < -0.4 is 5.32 Å². The van der Waals surface area contributed by atoms with Gasteiger partial charge in [0, 0.05) is 6.42 Å². The Bertz CT molecular complexity index is 275. The Kier molecular flexibility index (Phi) is 4.97. The summed E-state index contributed by atoms with van der Waals surface area (Å²) in [6.07, 6.45) is 5.27. The molecule has 1 fully saturated rings. The maximum atomic E-state index is 11.6. The van der Waals surface area contributed by atoms with Gasteiger partial charge in [-0.3, -0.25) is 9.59 Å². The third-order valence-corrected chi connectivity index (χ3v) is 2.80. The number of esters is 1. The van der Waals surface area contributed by atoms with E-state index >= 15 is 0 Å². The average molecular weight is 241 g/mol. The van der Waals surface area contributed by atoms with Crippen molar-refractivity contribution >= 4 is 11.9 Å². The molecule has 1 saturated carbocycles. The summed E-state index contributed by atoms with van der Waals surface area (Å²) in [5.74, 6) is 0.0914. The number of rotatable bonds is 4. The molecule has 0 aromatic carbocycles. The van der Waals surface area contributed by atoms with Crippen molar-refractivity contribution in [1.82, 2.24) is 5.32 Å². The number of nitrogens with one attached hydrogen (secondary N) is 1. The normalized spacial score (nSPS) is 16.9. The molecule has 0 aromatic rings. The molecule has 98 valence electrons. The third kappa shape index (κ3) is 6.29. The molecule has 4 nitrogen and oxygen atoms in total. The van der Waals surface area contributed by atoms with Gasteiger partial charge in [-0.15, -0.1) is 0 Å². The van der Waals surface area contributed by atoms with Gasteiger partial charge in [-0.1, -0.05) is 12.8 Å². The highest BCUT2D eigenvalue weighted by atomic mass is 16.6. The first kappa shape index (κ1) is 14.0. The second kappa shape index (κ2) is 6.03. The molecule has 0 aliphatic heterocycles. The minimum absolute atomic E-state index is 0.0250. The van der Waals surface area contributed by atoms with E-state index in [1.807, 2.05) is 20.8 Å². The van der Waals surface area contributed by atoms with E-state index in [0.717, 1.165) is 12.8 Å². The van der Waals surface area contributed by atoms with Crippen molar-refractivity contribution in [2.75, 3.05) is 6.54 Å². The molecule has 0 heterocycles. The number of amides is 1. The van der Waals surface area contributed by atoms with Gasteiger partial charge in [-0.05, 0) is 39.5 Å². The number of hydrogen-bond donors (Lipinski definition) is 1. The van der Waals surface area contributed by atoms with Crippen LogP contribution in [0.4, 0.5) is 0 Å². The summed E-state index contributed by atoms with van der Waals surface area (Å²) in [6.45, 7) is 5.41. The van der Waals surface area contributed by atoms with Crippen LogP contribution in [0.2, 0.25) is 0 Å². The molecule has 0 spiro atoms. The van der Waals surface area contributed by atoms with Crippen LogP contribution in [0, 0.1) is 5.92 Å². The molecule has 4 heteroatoms. The summed E-state index contributed by atoms with van der Waals surface area (Å²) in [5, 5.41) is 2.62. The second-order valence-electron chi connectivity index (χ2n) is 5.72. The molecule has 0 atom stereocenters. The zero-order valence-corrected chi connectivity index (χ0v) is 11.0. The second-order valence-corrected chi connectivity index (χ2v) is 5.72. The van der Waals surface area contributed by atoms with E-state index in [9.17, 15) is 9.59 Å². The van der Waals surface area contributed by atoms with Crippen molar-refractivity contribution in [3.63, 3.8) is 0 Å². The Morgan fingerprint density at radius 3 is 2.35 bits per heavy atom. The summed E-state index contributed by atoms with van der Waals surface area (Å²) in [6, 6.07) is 0. The van der Waals surface area contributed by atoms with Crippen LogP contribution >= 0.6 is 0 Å². The predicted molar refractivity (Wildman–Crippen MR) is 65.4 cm³/mol. The van der Waals surface area contributed by atoms with Gasteiger partial charge in [0.05, 0.1) is 0 Å². The van der Waals surface area contributed by atoms with Crippen molar-refractivity contribution in [3.05, 3.63) is 0 Å². The van der Waals surface area contributed by atoms with E-state index in [-0.39, 0.29) is 18.4 Å². The highest BCUT2D eigenvalue weighted by Gasteiger charge is 2.20. The first-order valence-corrected chi connectivity index (χ1v) is 6.35. The molecule has 1 aliphatic rings. The van der Waals surface area contributed by atoms with Crippen LogP contribution in [0.5, 0.6) is 0 Å². The van der Waals surface area contributed by atoms with Gasteiger partial charge in [0.2, 0.25) is 5.91 Å². The van der Waals surface area contributed by atoms with Gasteiger partial charge in [-0.25, -0.2) is 0 Å². The van der Waals surface area contributed by atoms with E-state index in [1.54, 1.807) is 0 Å². The fourth-order valence-electron chi connectivity index (χ4n) is 2.10. The highest BCUT2D eigenvalue weighted by Crippen LogP contribution is 2.27. The molecule has 1 rings (SSSR count). The quantitative estimate of drug-likeness (QED) is 0.766. The van der Waals surface area contributed by atoms with Crippen LogP contribution in [0.1, 0.15) is 52.9 Å². The number of hydrogen-bond acceptors (Lipinski definition) is 3. The lowest BCUT2D eigenvalue weighted by Crippen LogP contribution is -2.35. The first-order chi connectivity index (χ1) is 7.87. The molecule has 1 N–H and O–H groups in total. The zero-order chi connectivity index (χ0) is 12.9. The Morgan fingerprint density at radius 2 is 1.82 bits per heavy atom. The van der Waals surface area contributed by atoms with E-state index in [0.29, 0.717) is 12.3 Å².